The molecule has 11 heteroatoms. The smallest absolute Gasteiger partial charge is 0.435 e. The Bertz CT molecular complexity index is 1210. The van der Waals surface area contributed by atoms with E-state index >= 15 is 0 Å². The van der Waals surface area contributed by atoms with E-state index in [9.17, 15) is 21.6 Å². The second-order valence-corrected chi connectivity index (χ2v) is 7.29. The minimum atomic E-state index is -4.70. The first-order chi connectivity index (χ1) is 13.5. The van der Waals surface area contributed by atoms with Gasteiger partial charge in [-0.25, -0.2) is 23.2 Å². The average Bonchev–Trinajstić information content (AvgIpc) is 3.12. The number of ether oxygens (including phenoxy) is 1. The van der Waals surface area contributed by atoms with Gasteiger partial charge < -0.3 is 4.74 Å². The molecule has 3 aromatic rings. The molecule has 0 spiro atoms. The summed E-state index contributed by atoms with van der Waals surface area (Å²) < 4.78 is 68.6. The first kappa shape index (κ1) is 20.4. The molecule has 0 fully saturated rings. The van der Waals surface area contributed by atoms with Crippen LogP contribution < -0.4 is 9.88 Å². The van der Waals surface area contributed by atoms with Crippen LogP contribution >= 0.6 is 0 Å². The molecule has 2 aromatic heterocycles. The predicted molar refractivity (Wildman–Crippen MR) is 97.7 cm³/mol. The third kappa shape index (κ3) is 4.08. The van der Waals surface area contributed by atoms with E-state index < -0.39 is 26.9 Å². The Morgan fingerprint density at radius 3 is 2.45 bits per heavy atom. The SMILES string of the molecule is C#Cc1cc(-c2cc(C(F)(F)F)nn2-c2ccc(S(N)(=O)=O)nc2)ccc1OC. The molecule has 2 heterocycles. The summed E-state index contributed by atoms with van der Waals surface area (Å²) in [6, 6.07) is 7.71. The molecule has 0 aliphatic heterocycles. The van der Waals surface area contributed by atoms with Crippen LogP contribution in [0.15, 0.2) is 47.6 Å². The van der Waals surface area contributed by atoms with Gasteiger partial charge in [0.25, 0.3) is 10.0 Å². The van der Waals surface area contributed by atoms with E-state index in [1.165, 1.54) is 31.4 Å². The van der Waals surface area contributed by atoms with Gasteiger partial charge in [-0.2, -0.15) is 18.3 Å². The molecule has 0 saturated heterocycles. The van der Waals surface area contributed by atoms with Crippen molar-refractivity contribution in [3.05, 3.63) is 53.9 Å². The third-order valence-electron chi connectivity index (χ3n) is 3.91. The lowest BCUT2D eigenvalue weighted by atomic mass is 10.1. The predicted octanol–water partition coefficient (Wildman–Crippen LogP) is 2.59. The van der Waals surface area contributed by atoms with Crippen LogP contribution in [0.1, 0.15) is 11.3 Å². The summed E-state index contributed by atoms with van der Waals surface area (Å²) in [5, 5.41) is 8.18. The maximum Gasteiger partial charge on any atom is 0.435 e. The standard InChI is InChI=1S/C18H13F3N4O3S/c1-3-11-8-12(4-6-15(11)28-2)14-9-16(18(19,20)21)24-25(14)13-5-7-17(23-10-13)29(22,26)27/h1,4-10H,2H3,(H2,22,26,27). The number of nitrogens with two attached hydrogens (primary N) is 1. The van der Waals surface area contributed by atoms with Crippen molar-refractivity contribution in [3.8, 4) is 35.0 Å². The molecule has 1 aromatic carbocycles. The van der Waals surface area contributed by atoms with Gasteiger partial charge in [0.2, 0.25) is 0 Å². The summed E-state index contributed by atoms with van der Waals surface area (Å²) in [7, 11) is -2.64. The van der Waals surface area contributed by atoms with Crippen LogP contribution in [0, 0.1) is 12.3 Å². The van der Waals surface area contributed by atoms with Crippen LogP contribution in [0.2, 0.25) is 0 Å². The normalized spacial score (nSPS) is 11.9. The maximum absolute atomic E-state index is 13.3. The zero-order valence-corrected chi connectivity index (χ0v) is 15.6. The molecule has 0 saturated carbocycles. The van der Waals surface area contributed by atoms with Crippen molar-refractivity contribution in [1.29, 1.82) is 0 Å². The lowest BCUT2D eigenvalue weighted by Crippen LogP contribution is -2.14. The van der Waals surface area contributed by atoms with Crippen molar-refractivity contribution in [2.75, 3.05) is 7.11 Å². The number of sulfonamides is 1. The molecule has 150 valence electrons. The molecule has 7 nitrogen and oxygen atoms in total. The van der Waals surface area contributed by atoms with Gasteiger partial charge >= 0.3 is 6.18 Å². The number of methoxy groups -OCH3 is 1. The molecule has 0 aliphatic carbocycles. The molecule has 2 N–H and O–H groups in total. The Kier molecular flexibility index (Phi) is 5.08. The van der Waals surface area contributed by atoms with E-state index in [0.29, 0.717) is 16.9 Å². The minimum absolute atomic E-state index is 0.0710. The highest BCUT2D eigenvalue weighted by molar-refractivity contribution is 7.89. The van der Waals surface area contributed by atoms with Crippen LogP contribution in [0.25, 0.3) is 16.9 Å². The Balaban J connectivity index is 2.20. The fourth-order valence-corrected chi connectivity index (χ4v) is 3.03. The highest BCUT2D eigenvalue weighted by Crippen LogP contribution is 2.34. The number of aromatic nitrogens is 3. The Morgan fingerprint density at radius 2 is 1.93 bits per heavy atom. The van der Waals surface area contributed by atoms with Gasteiger partial charge in [0.05, 0.1) is 30.3 Å². The van der Waals surface area contributed by atoms with Crippen molar-refractivity contribution in [3.63, 3.8) is 0 Å². The second-order valence-electron chi connectivity index (χ2n) is 5.78. The van der Waals surface area contributed by atoms with E-state index in [1.807, 2.05) is 0 Å². The first-order valence-corrected chi connectivity index (χ1v) is 9.40. The molecule has 0 amide bonds. The van der Waals surface area contributed by atoms with Gasteiger partial charge in [0.15, 0.2) is 10.7 Å². The van der Waals surface area contributed by atoms with Gasteiger partial charge in [-0.05, 0) is 36.4 Å². The number of primary sulfonamides is 1. The number of alkyl halides is 3. The maximum atomic E-state index is 13.3. The summed E-state index contributed by atoms with van der Waals surface area (Å²) >= 11 is 0. The van der Waals surface area contributed by atoms with E-state index in [-0.39, 0.29) is 11.4 Å². The van der Waals surface area contributed by atoms with Crippen LogP contribution in [0.5, 0.6) is 5.75 Å². The fraction of sp³-hybridized carbons (Fsp3) is 0.111. The van der Waals surface area contributed by atoms with Crippen LogP contribution in [0.4, 0.5) is 13.2 Å². The Labute approximate surface area is 164 Å². The summed E-state index contributed by atoms with van der Waals surface area (Å²) in [5.74, 6) is 2.79. The number of hydrogen-bond acceptors (Lipinski definition) is 5. The fourth-order valence-electron chi connectivity index (χ4n) is 2.57. The van der Waals surface area contributed by atoms with Gasteiger partial charge in [-0.15, -0.1) is 6.42 Å². The van der Waals surface area contributed by atoms with Crippen LogP contribution in [-0.4, -0.2) is 30.3 Å². The van der Waals surface area contributed by atoms with E-state index in [2.05, 4.69) is 16.0 Å². The average molecular weight is 422 g/mol. The second kappa shape index (κ2) is 7.23. The summed E-state index contributed by atoms with van der Waals surface area (Å²) in [5.41, 5.74) is -0.282. The molecule has 3 rings (SSSR count). The van der Waals surface area contributed by atoms with Gasteiger partial charge in [-0.1, -0.05) is 5.92 Å². The van der Waals surface area contributed by atoms with Crippen molar-refractivity contribution in [2.45, 2.75) is 11.2 Å². The quantitative estimate of drug-likeness (QED) is 0.652. The number of halogens is 3. The van der Waals surface area contributed by atoms with Gasteiger partial charge in [0, 0.05) is 5.56 Å². The van der Waals surface area contributed by atoms with Gasteiger partial charge in [0.1, 0.15) is 5.75 Å². The third-order valence-corrected chi connectivity index (χ3v) is 4.73. The lowest BCUT2D eigenvalue weighted by molar-refractivity contribution is -0.141. The Hall–Kier alpha value is -3.36. The number of benzene rings is 1. The lowest BCUT2D eigenvalue weighted by Gasteiger charge is -2.10. The summed E-state index contributed by atoms with van der Waals surface area (Å²) in [4.78, 5) is 3.69. The molecule has 29 heavy (non-hydrogen) atoms. The number of terminal acetylenes is 1. The topological polar surface area (TPSA) is 100 Å². The highest BCUT2D eigenvalue weighted by atomic mass is 32.2. The molecular weight excluding hydrogens is 409 g/mol. The molecule has 0 atom stereocenters. The van der Waals surface area contributed by atoms with E-state index in [0.717, 1.165) is 23.0 Å². The molecule has 0 aliphatic rings. The summed E-state index contributed by atoms with van der Waals surface area (Å²) in [6.45, 7) is 0. The first-order valence-electron chi connectivity index (χ1n) is 7.86. The summed E-state index contributed by atoms with van der Waals surface area (Å²) in [6.07, 6.45) is 1.80. The largest absolute Gasteiger partial charge is 0.495 e. The minimum Gasteiger partial charge on any atom is -0.495 e. The number of rotatable bonds is 4. The Morgan fingerprint density at radius 1 is 1.21 bits per heavy atom. The molecular formula is C18H13F3N4O3S. The number of pyridine rings is 1. The van der Waals surface area contributed by atoms with Crippen LogP contribution in [-0.2, 0) is 16.2 Å². The molecule has 0 unspecified atom stereocenters. The zero-order chi connectivity index (χ0) is 21.4. The number of nitrogens with zero attached hydrogens (tertiary/aromatic N) is 3. The van der Waals surface area contributed by atoms with Crippen molar-refractivity contribution < 1.29 is 26.3 Å². The van der Waals surface area contributed by atoms with Crippen molar-refractivity contribution in [2.24, 2.45) is 5.14 Å². The van der Waals surface area contributed by atoms with E-state index in [4.69, 9.17) is 16.3 Å². The van der Waals surface area contributed by atoms with E-state index in [1.54, 1.807) is 0 Å². The van der Waals surface area contributed by atoms with Gasteiger partial charge in [-0.3, -0.25) is 0 Å². The monoisotopic (exact) mass is 422 g/mol. The zero-order valence-electron chi connectivity index (χ0n) is 14.8. The molecule has 0 bridgehead atoms. The van der Waals surface area contributed by atoms with Crippen molar-refractivity contribution >= 4 is 10.0 Å². The number of hydrogen-bond donors (Lipinski definition) is 1. The molecule has 0 radical (unpaired) electrons. The van der Waals surface area contributed by atoms with Crippen LogP contribution in [0.3, 0.4) is 0 Å². The van der Waals surface area contributed by atoms with Crippen molar-refractivity contribution in [1.82, 2.24) is 14.8 Å². The highest BCUT2D eigenvalue weighted by Gasteiger charge is 2.35.